The predicted octanol–water partition coefficient (Wildman–Crippen LogP) is 4.88. The normalized spacial score (nSPS) is 15.6. The Bertz CT molecular complexity index is 1510. The lowest BCUT2D eigenvalue weighted by Gasteiger charge is -2.26. The van der Waals surface area contributed by atoms with Gasteiger partial charge in [-0.05, 0) is 85.5 Å². The summed E-state index contributed by atoms with van der Waals surface area (Å²) in [6.07, 6.45) is 1.37. The number of benzene rings is 3. The molecule has 2 aliphatic heterocycles. The van der Waals surface area contributed by atoms with Crippen LogP contribution >= 0.6 is 31.9 Å². The van der Waals surface area contributed by atoms with E-state index in [2.05, 4.69) is 37.2 Å². The first-order valence-electron chi connectivity index (χ1n) is 11.0. The Hall–Kier alpha value is -4.16. The average molecular weight is 644 g/mol. The molecule has 2 aliphatic rings. The van der Waals surface area contributed by atoms with Crippen molar-refractivity contribution in [1.82, 2.24) is 5.32 Å². The number of rotatable bonds is 6. The van der Waals surface area contributed by atoms with E-state index in [4.69, 9.17) is 19.3 Å². The molecule has 0 radical (unpaired) electrons. The van der Waals surface area contributed by atoms with E-state index in [1.54, 1.807) is 30.3 Å². The summed E-state index contributed by atoms with van der Waals surface area (Å²) in [5, 5.41) is 11.2. The van der Waals surface area contributed by atoms with E-state index in [1.165, 1.54) is 30.3 Å². The van der Waals surface area contributed by atoms with Gasteiger partial charge in [-0.3, -0.25) is 14.9 Å². The molecule has 3 aromatic carbocycles. The quantitative estimate of drug-likeness (QED) is 0.287. The molecule has 1 saturated heterocycles. The number of nitrogens with zero attached hydrogens (tertiary/aromatic N) is 1. The number of anilines is 1. The maximum Gasteiger partial charge on any atom is 0.335 e. The number of fused-ring (bicyclic) bond motifs is 1. The maximum atomic E-state index is 13.2. The van der Waals surface area contributed by atoms with E-state index in [1.807, 2.05) is 0 Å². The Morgan fingerprint density at radius 3 is 2.37 bits per heavy atom. The van der Waals surface area contributed by atoms with Gasteiger partial charge in [0, 0.05) is 6.07 Å². The summed E-state index contributed by atoms with van der Waals surface area (Å²) in [6.45, 7) is 0.202. The Morgan fingerprint density at radius 2 is 1.68 bits per heavy atom. The van der Waals surface area contributed by atoms with Crippen molar-refractivity contribution in [2.45, 2.75) is 6.61 Å². The number of carbonyl (C=O) groups excluding carboxylic acids is 3. The SMILES string of the molecule is O=C1NC(=O)N(c2ccc3c(c2)OCO3)C(=O)/C1=C/c1cc(Br)c(OCc2ccc(C(=O)O)cc2)c(Br)c1. The lowest BCUT2D eigenvalue weighted by molar-refractivity contribution is -0.122. The molecule has 0 saturated carbocycles. The summed E-state index contributed by atoms with van der Waals surface area (Å²) < 4.78 is 17.5. The smallest absolute Gasteiger partial charge is 0.335 e. The summed E-state index contributed by atoms with van der Waals surface area (Å²) in [7, 11) is 0. The van der Waals surface area contributed by atoms with Gasteiger partial charge in [-0.15, -0.1) is 0 Å². The zero-order valence-corrected chi connectivity index (χ0v) is 22.4. The fourth-order valence-corrected chi connectivity index (χ4v) is 5.23. The van der Waals surface area contributed by atoms with Gasteiger partial charge in [0.2, 0.25) is 6.79 Å². The van der Waals surface area contributed by atoms with Gasteiger partial charge in [-0.2, -0.15) is 0 Å². The molecule has 2 heterocycles. The van der Waals surface area contributed by atoms with Crippen LogP contribution in [0, 0.1) is 0 Å². The van der Waals surface area contributed by atoms with E-state index >= 15 is 0 Å². The first-order valence-corrected chi connectivity index (χ1v) is 12.5. The summed E-state index contributed by atoms with van der Waals surface area (Å²) >= 11 is 6.89. The van der Waals surface area contributed by atoms with Crippen molar-refractivity contribution in [3.8, 4) is 17.2 Å². The minimum Gasteiger partial charge on any atom is -0.487 e. The lowest BCUT2D eigenvalue weighted by atomic mass is 10.1. The van der Waals surface area contributed by atoms with Crippen molar-refractivity contribution in [3.05, 3.63) is 85.8 Å². The highest BCUT2D eigenvalue weighted by atomic mass is 79.9. The van der Waals surface area contributed by atoms with Gasteiger partial charge in [0.05, 0.1) is 20.2 Å². The zero-order chi connectivity index (χ0) is 27.0. The molecule has 10 nitrogen and oxygen atoms in total. The number of amides is 4. The molecule has 0 aromatic heterocycles. The number of nitrogens with one attached hydrogen (secondary N) is 1. The van der Waals surface area contributed by atoms with Crippen molar-refractivity contribution in [2.24, 2.45) is 0 Å². The van der Waals surface area contributed by atoms with E-state index in [0.29, 0.717) is 31.8 Å². The van der Waals surface area contributed by atoms with E-state index in [0.717, 1.165) is 10.5 Å². The molecule has 192 valence electrons. The zero-order valence-electron chi connectivity index (χ0n) is 19.2. The minimum atomic E-state index is -1.01. The number of urea groups is 1. The van der Waals surface area contributed by atoms with Crippen LogP contribution in [0.1, 0.15) is 21.5 Å². The van der Waals surface area contributed by atoms with E-state index < -0.39 is 23.8 Å². The first kappa shape index (κ1) is 25.5. The number of carboxylic acids is 1. The highest BCUT2D eigenvalue weighted by Crippen LogP contribution is 2.38. The van der Waals surface area contributed by atoms with Gasteiger partial charge >= 0.3 is 12.0 Å². The number of aromatic carboxylic acids is 1. The molecule has 1 fully saturated rings. The maximum absolute atomic E-state index is 13.2. The number of hydrogen-bond acceptors (Lipinski definition) is 7. The topological polar surface area (TPSA) is 131 Å². The molecule has 38 heavy (non-hydrogen) atoms. The fourth-order valence-electron chi connectivity index (χ4n) is 3.78. The third-order valence-electron chi connectivity index (χ3n) is 5.63. The Labute approximate surface area is 232 Å². The van der Waals surface area contributed by atoms with Crippen molar-refractivity contribution < 1.29 is 38.5 Å². The third kappa shape index (κ3) is 5.00. The van der Waals surface area contributed by atoms with E-state index in [9.17, 15) is 19.2 Å². The average Bonchev–Trinajstić information content (AvgIpc) is 3.34. The van der Waals surface area contributed by atoms with Crippen LogP contribution in [0.4, 0.5) is 10.5 Å². The largest absolute Gasteiger partial charge is 0.487 e. The van der Waals surface area contributed by atoms with E-state index in [-0.39, 0.29) is 30.2 Å². The summed E-state index contributed by atoms with van der Waals surface area (Å²) in [6, 6.07) is 13.3. The van der Waals surface area contributed by atoms with Crippen LogP contribution in [0.5, 0.6) is 17.2 Å². The highest BCUT2D eigenvalue weighted by molar-refractivity contribution is 9.11. The molecule has 3 aromatic rings. The number of ether oxygens (including phenoxy) is 3. The molecular weight excluding hydrogens is 628 g/mol. The number of imide groups is 2. The Kier molecular flexibility index (Phi) is 6.91. The molecule has 12 heteroatoms. The van der Waals surface area contributed by atoms with Crippen molar-refractivity contribution in [1.29, 1.82) is 0 Å². The standard InChI is InChI=1S/C26H16Br2N2O8/c27-18-8-14(9-19(28)22(18)36-11-13-1-3-15(4-2-13)25(33)34)7-17-23(31)29-26(35)30(24(17)32)16-5-6-20-21(10-16)38-12-37-20/h1-10H,11-12H2,(H,33,34)(H,29,31,35)/b17-7+. The van der Waals surface area contributed by atoms with Crippen LogP contribution in [0.25, 0.3) is 6.08 Å². The Balaban J connectivity index is 1.38. The number of hydrogen-bond donors (Lipinski definition) is 2. The van der Waals surface area contributed by atoms with Crippen LogP contribution < -0.4 is 24.4 Å². The van der Waals surface area contributed by atoms with Crippen molar-refractivity contribution in [3.63, 3.8) is 0 Å². The van der Waals surface area contributed by atoms with Gasteiger partial charge in [0.1, 0.15) is 17.9 Å². The molecule has 4 amide bonds. The second-order valence-corrected chi connectivity index (χ2v) is 9.81. The molecule has 0 unspecified atom stereocenters. The molecule has 2 N–H and O–H groups in total. The second kappa shape index (κ2) is 10.3. The molecular formula is C26H16Br2N2O8. The Morgan fingerprint density at radius 1 is 1.00 bits per heavy atom. The van der Waals surface area contributed by atoms with Crippen LogP contribution in [0.3, 0.4) is 0 Å². The summed E-state index contributed by atoms with van der Waals surface area (Å²) in [5.74, 6) is -1.30. The second-order valence-electron chi connectivity index (χ2n) is 8.10. The van der Waals surface area contributed by atoms with Crippen molar-refractivity contribution in [2.75, 3.05) is 11.7 Å². The molecule has 5 rings (SSSR count). The van der Waals surface area contributed by atoms with Crippen LogP contribution in [0.15, 0.2) is 69.1 Å². The predicted molar refractivity (Wildman–Crippen MR) is 141 cm³/mol. The fraction of sp³-hybridized carbons (Fsp3) is 0.0769. The molecule has 0 bridgehead atoms. The van der Waals surface area contributed by atoms with Crippen LogP contribution in [-0.4, -0.2) is 35.7 Å². The molecule has 0 atom stereocenters. The first-order chi connectivity index (χ1) is 18.2. The van der Waals surface area contributed by atoms with Gasteiger partial charge in [-0.1, -0.05) is 12.1 Å². The van der Waals surface area contributed by atoms with Gasteiger partial charge < -0.3 is 19.3 Å². The minimum absolute atomic E-state index is 0.0308. The van der Waals surface area contributed by atoms with Gasteiger partial charge in [-0.25, -0.2) is 14.5 Å². The summed E-state index contributed by atoms with van der Waals surface area (Å²) in [4.78, 5) is 50.2. The van der Waals surface area contributed by atoms with Gasteiger partial charge in [0.15, 0.2) is 11.5 Å². The highest BCUT2D eigenvalue weighted by Gasteiger charge is 2.37. The monoisotopic (exact) mass is 642 g/mol. The van der Waals surface area contributed by atoms with Crippen molar-refractivity contribution >= 4 is 67.4 Å². The number of carbonyl (C=O) groups is 4. The number of barbiturate groups is 1. The molecule has 0 aliphatic carbocycles. The van der Waals surface area contributed by atoms with Crippen LogP contribution in [-0.2, 0) is 16.2 Å². The third-order valence-corrected chi connectivity index (χ3v) is 6.81. The number of carboxylic acid groups (broad SMARTS) is 1. The molecule has 0 spiro atoms. The number of halogens is 2. The van der Waals surface area contributed by atoms with Crippen LogP contribution in [0.2, 0.25) is 0 Å². The lowest BCUT2D eigenvalue weighted by Crippen LogP contribution is -2.54. The summed E-state index contributed by atoms with van der Waals surface area (Å²) in [5.41, 5.74) is 1.40. The van der Waals surface area contributed by atoms with Gasteiger partial charge in [0.25, 0.3) is 11.8 Å².